The van der Waals surface area contributed by atoms with Gasteiger partial charge in [-0.05, 0) is 49.2 Å². The molecule has 160 valence electrons. The van der Waals surface area contributed by atoms with Gasteiger partial charge in [0.05, 0.1) is 7.11 Å². The Morgan fingerprint density at radius 2 is 2.00 bits per heavy atom. The van der Waals surface area contributed by atoms with E-state index in [4.69, 9.17) is 14.2 Å². The van der Waals surface area contributed by atoms with E-state index in [9.17, 15) is 4.79 Å². The molecule has 2 amide bonds. The first kappa shape index (κ1) is 19.6. The standard InChI is InChI=1S/C22H22N4O4S/c1-28-17-7-4-14(5-8-17)20-24-25-21(31-20)15-3-2-10-26(12-15)22(27)23-16-6-9-18-19(11-16)30-13-29-18/h4-9,11,15H,2-3,10,12-13H2,1H3,(H,23,27)/t15-/m1/s1. The Kier molecular flexibility index (Phi) is 5.33. The van der Waals surface area contributed by atoms with Crippen LogP contribution in [0.1, 0.15) is 23.8 Å². The van der Waals surface area contributed by atoms with Crippen molar-refractivity contribution in [2.24, 2.45) is 0 Å². The summed E-state index contributed by atoms with van der Waals surface area (Å²) in [4.78, 5) is 14.7. The van der Waals surface area contributed by atoms with Crippen LogP contribution in [0, 0.1) is 0 Å². The normalized spacial score (nSPS) is 17.5. The molecule has 0 radical (unpaired) electrons. The van der Waals surface area contributed by atoms with E-state index in [1.54, 1.807) is 30.6 Å². The lowest BCUT2D eigenvalue weighted by molar-refractivity contribution is 0.174. The summed E-state index contributed by atoms with van der Waals surface area (Å²) >= 11 is 1.59. The van der Waals surface area contributed by atoms with E-state index in [0.717, 1.165) is 40.7 Å². The first-order valence-corrected chi connectivity index (χ1v) is 10.9. The highest BCUT2D eigenvalue weighted by atomic mass is 32.1. The second-order valence-corrected chi connectivity index (χ2v) is 8.47. The number of nitrogens with zero attached hydrogens (tertiary/aromatic N) is 3. The fourth-order valence-corrected chi connectivity index (χ4v) is 4.76. The first-order valence-electron chi connectivity index (χ1n) is 10.1. The Morgan fingerprint density at radius 1 is 1.16 bits per heavy atom. The number of nitrogens with one attached hydrogen (secondary N) is 1. The van der Waals surface area contributed by atoms with E-state index < -0.39 is 0 Å². The number of urea groups is 1. The SMILES string of the molecule is COc1ccc(-c2nnc([C@@H]3CCCN(C(=O)Nc4ccc5c(c4)OCO5)C3)s2)cc1. The lowest BCUT2D eigenvalue weighted by Crippen LogP contribution is -2.41. The molecule has 1 saturated heterocycles. The summed E-state index contributed by atoms with van der Waals surface area (Å²) in [6.07, 6.45) is 1.92. The van der Waals surface area contributed by atoms with Crippen LogP contribution in [0.15, 0.2) is 42.5 Å². The molecule has 3 aromatic rings. The van der Waals surface area contributed by atoms with Crippen molar-refractivity contribution >= 4 is 23.1 Å². The van der Waals surface area contributed by atoms with Crippen LogP contribution in [0.5, 0.6) is 17.2 Å². The summed E-state index contributed by atoms with van der Waals surface area (Å²) in [6.45, 7) is 1.55. The fourth-order valence-electron chi connectivity index (χ4n) is 3.79. The minimum absolute atomic E-state index is 0.122. The summed E-state index contributed by atoms with van der Waals surface area (Å²) < 4.78 is 15.9. The Morgan fingerprint density at radius 3 is 2.84 bits per heavy atom. The van der Waals surface area contributed by atoms with Crippen molar-refractivity contribution in [3.63, 3.8) is 0 Å². The van der Waals surface area contributed by atoms with E-state index in [2.05, 4.69) is 15.5 Å². The van der Waals surface area contributed by atoms with Gasteiger partial charge in [-0.15, -0.1) is 10.2 Å². The fraction of sp³-hybridized carbons (Fsp3) is 0.318. The third-order valence-electron chi connectivity index (χ3n) is 5.46. The van der Waals surface area contributed by atoms with Crippen molar-refractivity contribution in [3.8, 4) is 27.8 Å². The third kappa shape index (κ3) is 4.13. The number of aromatic nitrogens is 2. The van der Waals surface area contributed by atoms with Crippen LogP contribution < -0.4 is 19.5 Å². The molecule has 1 aromatic heterocycles. The van der Waals surface area contributed by atoms with Crippen LogP contribution in [0.4, 0.5) is 10.5 Å². The molecule has 2 aliphatic heterocycles. The number of hydrogen-bond donors (Lipinski definition) is 1. The number of rotatable bonds is 4. The van der Waals surface area contributed by atoms with Crippen molar-refractivity contribution in [1.82, 2.24) is 15.1 Å². The number of benzene rings is 2. The molecule has 0 unspecified atom stereocenters. The molecule has 0 saturated carbocycles. The number of likely N-dealkylation sites (tertiary alicyclic amines) is 1. The van der Waals surface area contributed by atoms with Gasteiger partial charge in [-0.25, -0.2) is 4.79 Å². The number of fused-ring (bicyclic) bond motifs is 1. The van der Waals surface area contributed by atoms with Crippen molar-refractivity contribution < 1.29 is 19.0 Å². The molecule has 0 spiro atoms. The molecule has 0 aliphatic carbocycles. The Balaban J connectivity index is 1.25. The molecular weight excluding hydrogens is 416 g/mol. The third-order valence-corrected chi connectivity index (χ3v) is 6.59. The zero-order valence-corrected chi connectivity index (χ0v) is 17.9. The topological polar surface area (TPSA) is 85.8 Å². The van der Waals surface area contributed by atoms with Crippen molar-refractivity contribution in [2.75, 3.05) is 32.3 Å². The maximum absolute atomic E-state index is 12.8. The number of carbonyl (C=O) groups is 1. The maximum Gasteiger partial charge on any atom is 0.321 e. The summed E-state index contributed by atoms with van der Waals surface area (Å²) in [6, 6.07) is 13.1. The van der Waals surface area contributed by atoms with E-state index >= 15 is 0 Å². The van der Waals surface area contributed by atoms with Crippen LogP contribution >= 0.6 is 11.3 Å². The molecule has 2 aliphatic rings. The zero-order valence-electron chi connectivity index (χ0n) is 17.0. The molecule has 31 heavy (non-hydrogen) atoms. The van der Waals surface area contributed by atoms with E-state index in [0.29, 0.717) is 23.7 Å². The van der Waals surface area contributed by atoms with Gasteiger partial charge in [-0.3, -0.25) is 0 Å². The molecule has 1 atom stereocenters. The monoisotopic (exact) mass is 438 g/mol. The summed E-state index contributed by atoms with van der Waals surface area (Å²) in [5.41, 5.74) is 1.70. The van der Waals surface area contributed by atoms with E-state index in [1.165, 1.54) is 0 Å². The molecular formula is C22H22N4O4S. The van der Waals surface area contributed by atoms with Crippen LogP contribution in [0.2, 0.25) is 0 Å². The highest BCUT2D eigenvalue weighted by molar-refractivity contribution is 7.14. The highest BCUT2D eigenvalue weighted by Crippen LogP contribution is 2.35. The summed E-state index contributed by atoms with van der Waals surface area (Å²) in [7, 11) is 1.65. The van der Waals surface area contributed by atoms with Gasteiger partial charge in [0.1, 0.15) is 15.8 Å². The van der Waals surface area contributed by atoms with Gasteiger partial charge in [-0.1, -0.05) is 11.3 Å². The van der Waals surface area contributed by atoms with Crippen LogP contribution in [-0.4, -0.2) is 48.1 Å². The quantitative estimate of drug-likeness (QED) is 0.652. The molecule has 1 fully saturated rings. The predicted molar refractivity (Wildman–Crippen MR) is 117 cm³/mol. The lowest BCUT2D eigenvalue weighted by Gasteiger charge is -2.31. The smallest absolute Gasteiger partial charge is 0.321 e. The molecule has 2 aromatic carbocycles. The molecule has 9 heteroatoms. The number of amides is 2. The Bertz CT molecular complexity index is 1090. The van der Waals surface area contributed by atoms with Crippen LogP contribution in [0.25, 0.3) is 10.6 Å². The second kappa shape index (κ2) is 8.43. The predicted octanol–water partition coefficient (Wildman–Crippen LogP) is 4.35. The Hall–Kier alpha value is -3.33. The van der Waals surface area contributed by atoms with Gasteiger partial charge in [0, 0.05) is 36.3 Å². The van der Waals surface area contributed by atoms with Crippen molar-refractivity contribution in [1.29, 1.82) is 0 Å². The highest BCUT2D eigenvalue weighted by Gasteiger charge is 2.28. The summed E-state index contributed by atoms with van der Waals surface area (Å²) in [5, 5.41) is 13.6. The van der Waals surface area contributed by atoms with Crippen LogP contribution in [-0.2, 0) is 0 Å². The number of piperidine rings is 1. The average Bonchev–Trinajstić information content (AvgIpc) is 3.49. The van der Waals surface area contributed by atoms with E-state index in [1.807, 2.05) is 35.2 Å². The lowest BCUT2D eigenvalue weighted by atomic mass is 9.99. The van der Waals surface area contributed by atoms with Gasteiger partial charge < -0.3 is 24.4 Å². The minimum Gasteiger partial charge on any atom is -0.497 e. The largest absolute Gasteiger partial charge is 0.497 e. The number of methoxy groups -OCH3 is 1. The second-order valence-electron chi connectivity index (χ2n) is 7.46. The van der Waals surface area contributed by atoms with Crippen LogP contribution in [0.3, 0.4) is 0 Å². The molecule has 3 heterocycles. The van der Waals surface area contributed by atoms with Gasteiger partial charge in [-0.2, -0.15) is 0 Å². The van der Waals surface area contributed by atoms with Crippen molar-refractivity contribution in [3.05, 3.63) is 47.5 Å². The number of carbonyl (C=O) groups excluding carboxylic acids is 1. The number of hydrogen-bond acceptors (Lipinski definition) is 7. The molecule has 8 nitrogen and oxygen atoms in total. The molecule has 5 rings (SSSR count). The van der Waals surface area contributed by atoms with Gasteiger partial charge in [0.25, 0.3) is 0 Å². The van der Waals surface area contributed by atoms with Gasteiger partial charge >= 0.3 is 6.03 Å². The first-order chi connectivity index (χ1) is 15.2. The van der Waals surface area contributed by atoms with Gasteiger partial charge in [0.15, 0.2) is 11.5 Å². The molecule has 1 N–H and O–H groups in total. The molecule has 0 bridgehead atoms. The maximum atomic E-state index is 12.8. The average molecular weight is 439 g/mol. The van der Waals surface area contributed by atoms with E-state index in [-0.39, 0.29) is 18.7 Å². The Labute approximate surface area is 183 Å². The number of ether oxygens (including phenoxy) is 3. The van der Waals surface area contributed by atoms with Gasteiger partial charge in [0.2, 0.25) is 6.79 Å². The van der Waals surface area contributed by atoms with Crippen molar-refractivity contribution in [2.45, 2.75) is 18.8 Å². The number of anilines is 1. The minimum atomic E-state index is -0.122. The summed E-state index contributed by atoms with van der Waals surface area (Å²) in [5.74, 6) is 2.33. The zero-order chi connectivity index (χ0) is 21.2.